The molecule has 6 rings (SSSR count). The Labute approximate surface area is 234 Å². The number of aryl methyl sites for hydroxylation is 1. The summed E-state index contributed by atoms with van der Waals surface area (Å²) < 4.78 is 7.09. The van der Waals surface area contributed by atoms with E-state index in [4.69, 9.17) is 4.74 Å². The Hall–Kier alpha value is -3.48. The fourth-order valence-corrected chi connectivity index (χ4v) is 6.96. The third-order valence-corrected chi connectivity index (χ3v) is 9.15. The van der Waals surface area contributed by atoms with Gasteiger partial charge in [-0.25, -0.2) is 0 Å². The number of amides is 1. The summed E-state index contributed by atoms with van der Waals surface area (Å²) in [6.07, 6.45) is 4.68. The van der Waals surface area contributed by atoms with Crippen molar-refractivity contribution in [3.05, 3.63) is 89.0 Å². The van der Waals surface area contributed by atoms with Gasteiger partial charge < -0.3 is 9.64 Å². The molecule has 1 aromatic heterocycles. The van der Waals surface area contributed by atoms with Crippen LogP contribution in [0.15, 0.2) is 66.7 Å². The van der Waals surface area contributed by atoms with Crippen LogP contribution in [0, 0.1) is 6.92 Å². The second-order valence-corrected chi connectivity index (χ2v) is 11.6. The molecule has 0 bridgehead atoms. The minimum absolute atomic E-state index is 0.0170. The van der Waals surface area contributed by atoms with E-state index < -0.39 is 0 Å². The van der Waals surface area contributed by atoms with E-state index in [1.165, 1.54) is 25.9 Å². The molecule has 4 aromatic rings. The topological polar surface area (TPSA) is 49.9 Å². The second-order valence-electron chi connectivity index (χ2n) is 10.6. The number of thiophene rings is 1. The number of fused-ring (bicyclic) bond motifs is 1. The van der Waals surface area contributed by atoms with E-state index in [0.29, 0.717) is 17.7 Å². The highest BCUT2D eigenvalue weighted by molar-refractivity contribution is 7.22. The summed E-state index contributed by atoms with van der Waals surface area (Å²) in [5, 5.41) is 0.961. The van der Waals surface area contributed by atoms with Gasteiger partial charge >= 0.3 is 0 Å². The molecule has 2 fully saturated rings. The number of likely N-dealkylation sites (tertiary alicyclic amines) is 2. The van der Waals surface area contributed by atoms with E-state index in [9.17, 15) is 9.59 Å². The maximum atomic E-state index is 14.0. The molecule has 0 atom stereocenters. The molecule has 39 heavy (non-hydrogen) atoms. The quantitative estimate of drug-likeness (QED) is 0.231. The number of ketones is 1. The Balaban J connectivity index is 1.27. The molecule has 0 saturated carbocycles. The molecule has 5 nitrogen and oxygen atoms in total. The van der Waals surface area contributed by atoms with Gasteiger partial charge in [-0.05, 0) is 99.3 Å². The predicted molar refractivity (Wildman–Crippen MR) is 158 cm³/mol. The van der Waals surface area contributed by atoms with Crippen molar-refractivity contribution >= 4 is 33.1 Å². The molecule has 6 heteroatoms. The molecular formula is C33H34N2O3S. The summed E-state index contributed by atoms with van der Waals surface area (Å²) in [6.45, 7) is 7.52. The van der Waals surface area contributed by atoms with Crippen LogP contribution in [0.25, 0.3) is 20.5 Å². The molecule has 3 heterocycles. The van der Waals surface area contributed by atoms with Crippen molar-refractivity contribution < 1.29 is 14.3 Å². The van der Waals surface area contributed by atoms with Crippen molar-refractivity contribution in [1.82, 2.24) is 9.80 Å². The fraction of sp³-hybridized carbons (Fsp3) is 0.333. The van der Waals surface area contributed by atoms with Crippen LogP contribution >= 0.6 is 11.3 Å². The Morgan fingerprint density at radius 2 is 1.59 bits per heavy atom. The average molecular weight is 539 g/mol. The van der Waals surface area contributed by atoms with Gasteiger partial charge in [-0.3, -0.25) is 14.5 Å². The molecular weight excluding hydrogens is 504 g/mol. The first-order valence-electron chi connectivity index (χ1n) is 14.0. The summed E-state index contributed by atoms with van der Waals surface area (Å²) in [5.41, 5.74) is 3.86. The molecule has 0 aliphatic carbocycles. The Morgan fingerprint density at radius 1 is 0.872 bits per heavy atom. The Kier molecular flexibility index (Phi) is 7.49. The smallest absolute Gasteiger partial charge is 0.254 e. The first-order chi connectivity index (χ1) is 19.1. The first kappa shape index (κ1) is 25.8. The van der Waals surface area contributed by atoms with Crippen molar-refractivity contribution in [3.63, 3.8) is 0 Å². The standard InChI is InChI=1S/C33H34N2O3S/c1-23-22-25(12-15-27(23)33(37)35-18-6-7-19-35)31(36)30-28-8-2-3-9-29(28)39-32(30)24-10-13-26(14-11-24)38-21-20-34-16-4-5-17-34/h2-3,8-15,22H,4-7,16-21H2,1H3. The zero-order valence-electron chi connectivity index (χ0n) is 22.4. The van der Waals surface area contributed by atoms with Crippen molar-refractivity contribution in [1.29, 1.82) is 0 Å². The van der Waals surface area contributed by atoms with E-state index in [1.54, 1.807) is 11.3 Å². The van der Waals surface area contributed by atoms with Gasteiger partial charge in [-0.2, -0.15) is 0 Å². The van der Waals surface area contributed by atoms with Crippen molar-refractivity contribution in [2.24, 2.45) is 0 Å². The lowest BCUT2D eigenvalue weighted by Gasteiger charge is -2.17. The van der Waals surface area contributed by atoms with E-state index in [-0.39, 0.29) is 11.7 Å². The second kappa shape index (κ2) is 11.3. The van der Waals surface area contributed by atoms with Crippen LogP contribution in [0.4, 0.5) is 0 Å². The minimum Gasteiger partial charge on any atom is -0.492 e. The van der Waals surface area contributed by atoms with Crippen LogP contribution < -0.4 is 4.74 Å². The highest BCUT2D eigenvalue weighted by atomic mass is 32.1. The maximum absolute atomic E-state index is 14.0. The summed E-state index contributed by atoms with van der Waals surface area (Å²) in [6, 6.07) is 21.7. The minimum atomic E-state index is -0.0170. The summed E-state index contributed by atoms with van der Waals surface area (Å²) >= 11 is 1.64. The molecule has 3 aromatic carbocycles. The van der Waals surface area contributed by atoms with Crippen LogP contribution in [0.5, 0.6) is 5.75 Å². The lowest BCUT2D eigenvalue weighted by molar-refractivity contribution is 0.0791. The zero-order chi connectivity index (χ0) is 26.8. The van der Waals surface area contributed by atoms with Crippen molar-refractivity contribution in [3.8, 4) is 16.2 Å². The predicted octanol–water partition coefficient (Wildman–Crippen LogP) is 6.82. The van der Waals surface area contributed by atoms with Gasteiger partial charge in [-0.15, -0.1) is 11.3 Å². The number of carbonyl (C=O) groups is 2. The first-order valence-corrected chi connectivity index (χ1v) is 14.8. The maximum Gasteiger partial charge on any atom is 0.254 e. The van der Waals surface area contributed by atoms with Gasteiger partial charge in [0.2, 0.25) is 0 Å². The Bertz CT molecular complexity index is 1500. The van der Waals surface area contributed by atoms with Crippen LogP contribution in [-0.2, 0) is 0 Å². The molecule has 2 saturated heterocycles. The molecule has 2 aliphatic rings. The van der Waals surface area contributed by atoms with E-state index in [1.807, 2.05) is 60.4 Å². The van der Waals surface area contributed by atoms with Crippen LogP contribution in [-0.4, -0.2) is 60.8 Å². The van der Waals surface area contributed by atoms with Gasteiger partial charge in [0.25, 0.3) is 5.91 Å². The van der Waals surface area contributed by atoms with Crippen LogP contribution in [0.1, 0.15) is 57.5 Å². The fourth-order valence-electron chi connectivity index (χ4n) is 5.76. The van der Waals surface area contributed by atoms with E-state index in [0.717, 1.165) is 69.9 Å². The SMILES string of the molecule is Cc1cc(C(=O)c2c(-c3ccc(OCCN4CCCC4)cc3)sc3ccccc23)ccc1C(=O)N1CCCC1. The normalized spacial score (nSPS) is 15.8. The van der Waals surface area contributed by atoms with Crippen LogP contribution in [0.3, 0.4) is 0 Å². The highest BCUT2D eigenvalue weighted by Gasteiger charge is 2.24. The highest BCUT2D eigenvalue weighted by Crippen LogP contribution is 2.40. The van der Waals surface area contributed by atoms with Gasteiger partial charge in [-0.1, -0.05) is 24.3 Å². The van der Waals surface area contributed by atoms with Crippen molar-refractivity contribution in [2.45, 2.75) is 32.6 Å². The largest absolute Gasteiger partial charge is 0.492 e. The van der Waals surface area contributed by atoms with E-state index in [2.05, 4.69) is 23.1 Å². The number of benzene rings is 3. The van der Waals surface area contributed by atoms with Crippen molar-refractivity contribution in [2.75, 3.05) is 39.3 Å². The molecule has 2 aliphatic heterocycles. The third-order valence-electron chi connectivity index (χ3n) is 7.93. The number of rotatable bonds is 8. The summed E-state index contributed by atoms with van der Waals surface area (Å²) in [5.74, 6) is 0.894. The molecule has 0 N–H and O–H groups in total. The molecule has 0 unspecified atom stereocenters. The molecule has 1 amide bonds. The van der Waals surface area contributed by atoms with Gasteiger partial charge in [0, 0.05) is 51.3 Å². The lowest BCUT2D eigenvalue weighted by atomic mass is 9.95. The zero-order valence-corrected chi connectivity index (χ0v) is 23.3. The van der Waals surface area contributed by atoms with Crippen LogP contribution in [0.2, 0.25) is 0 Å². The van der Waals surface area contributed by atoms with E-state index >= 15 is 0 Å². The van der Waals surface area contributed by atoms with Gasteiger partial charge in [0.15, 0.2) is 5.78 Å². The number of hydrogen-bond acceptors (Lipinski definition) is 5. The molecule has 0 radical (unpaired) electrons. The molecule has 0 spiro atoms. The average Bonchev–Trinajstić information content (AvgIpc) is 3.74. The van der Waals surface area contributed by atoms with Gasteiger partial charge in [0.05, 0.1) is 0 Å². The third kappa shape index (κ3) is 5.36. The number of carbonyl (C=O) groups excluding carboxylic acids is 2. The number of nitrogens with zero attached hydrogens (tertiary/aromatic N) is 2. The lowest BCUT2D eigenvalue weighted by Crippen LogP contribution is -2.28. The molecule has 200 valence electrons. The monoisotopic (exact) mass is 538 g/mol. The van der Waals surface area contributed by atoms with Gasteiger partial charge in [0.1, 0.15) is 12.4 Å². The Morgan fingerprint density at radius 3 is 2.33 bits per heavy atom. The summed E-state index contributed by atoms with van der Waals surface area (Å²) in [7, 11) is 0. The number of hydrogen-bond donors (Lipinski definition) is 0. The summed E-state index contributed by atoms with van der Waals surface area (Å²) in [4.78, 5) is 32.3. The number of ether oxygens (including phenoxy) is 1.